The molecule has 0 aromatic heterocycles. The Labute approximate surface area is 201 Å². The van der Waals surface area contributed by atoms with Gasteiger partial charge in [0.1, 0.15) is 0 Å². The van der Waals surface area contributed by atoms with E-state index < -0.39 is 0 Å². The van der Waals surface area contributed by atoms with Gasteiger partial charge in [-0.2, -0.15) is 0 Å². The third-order valence-electron chi connectivity index (χ3n) is 4.74. The van der Waals surface area contributed by atoms with Crippen LogP contribution in [0.3, 0.4) is 0 Å². The molecule has 1 saturated heterocycles. The molecule has 1 aliphatic heterocycles. The second-order valence-electron chi connectivity index (χ2n) is 8.11. The van der Waals surface area contributed by atoms with Crippen LogP contribution in [-0.4, -0.2) is 95.6 Å². The normalized spacial score (nSPS) is 16.9. The molecule has 1 rings (SSSR count). The van der Waals surface area contributed by atoms with E-state index in [1.54, 1.807) is 0 Å². The molecule has 0 bridgehead atoms. The molecule has 0 aliphatic carbocycles. The maximum absolute atomic E-state index is 5.72. The third-order valence-corrected chi connectivity index (χ3v) is 7.51. The predicted octanol–water partition coefficient (Wildman–Crippen LogP) is 3.87. The zero-order chi connectivity index (χ0) is 20.8. The van der Waals surface area contributed by atoms with Crippen molar-refractivity contribution in [3.8, 4) is 0 Å². The van der Waals surface area contributed by atoms with E-state index in [0.29, 0.717) is 38.4 Å². The second-order valence-corrected chi connectivity index (χ2v) is 10.6. The van der Waals surface area contributed by atoms with Crippen LogP contribution in [0.5, 0.6) is 0 Å². The number of likely N-dealkylation sites (tertiary alicyclic amines) is 1. The van der Waals surface area contributed by atoms with Gasteiger partial charge in [-0.25, -0.2) is 6.23 Å². The van der Waals surface area contributed by atoms with E-state index in [1.165, 1.54) is 25.9 Å². The molecular weight excluding hydrogens is 584 g/mol. The Morgan fingerprint density at radius 2 is 1.39 bits per heavy atom. The quantitative estimate of drug-likeness (QED) is 0.148. The van der Waals surface area contributed by atoms with Gasteiger partial charge in [-0.05, 0) is 45.7 Å². The number of ether oxygens (including phenoxy) is 3. The highest BCUT2D eigenvalue weighted by molar-refractivity contribution is 14.1. The first-order chi connectivity index (χ1) is 13.4. The van der Waals surface area contributed by atoms with Gasteiger partial charge in [-0.15, -0.1) is 0 Å². The van der Waals surface area contributed by atoms with E-state index in [-0.39, 0.29) is 0 Å². The Morgan fingerprint density at radius 3 is 1.93 bits per heavy atom. The lowest BCUT2D eigenvalue weighted by atomic mass is 10.0. The van der Waals surface area contributed by atoms with Crippen LogP contribution in [0.25, 0.3) is 0 Å². The molecule has 0 N–H and O–H groups in total. The lowest BCUT2D eigenvalue weighted by Crippen LogP contribution is -2.44. The molecule has 1 aliphatic rings. The summed E-state index contributed by atoms with van der Waals surface area (Å²) < 4.78 is 21.7. The van der Waals surface area contributed by atoms with E-state index in [4.69, 9.17) is 14.2 Å². The van der Waals surface area contributed by atoms with Crippen LogP contribution in [-0.2, 0) is 14.2 Å². The summed E-state index contributed by atoms with van der Waals surface area (Å²) in [6.07, 6.45) is 2.52. The van der Waals surface area contributed by atoms with Crippen molar-refractivity contribution in [2.45, 2.75) is 52.6 Å². The van der Waals surface area contributed by atoms with Crippen LogP contribution in [0.15, 0.2) is 0 Å². The summed E-state index contributed by atoms with van der Waals surface area (Å²) in [6.45, 7) is 18.6. The highest BCUT2D eigenvalue weighted by atomic mass is 127. The fourth-order valence-corrected chi connectivity index (χ4v) is 4.74. The maximum Gasteiger partial charge on any atom is 0.0701 e. The Balaban J connectivity index is 1.85. The zero-order valence-corrected chi connectivity index (χ0v) is 22.6. The van der Waals surface area contributed by atoms with Gasteiger partial charge in [0, 0.05) is 77.4 Å². The topological polar surface area (TPSA) is 37.4 Å². The summed E-state index contributed by atoms with van der Waals surface area (Å²) in [4.78, 5) is 2.52. The second kappa shape index (κ2) is 16.9. The van der Waals surface area contributed by atoms with Crippen molar-refractivity contribution < 1.29 is 14.2 Å². The van der Waals surface area contributed by atoms with Crippen LogP contribution in [0, 0.1) is 5.92 Å². The summed E-state index contributed by atoms with van der Waals surface area (Å²) in [7, 11) is 0. The SMILES string of the molecule is CC(C)CN(I)CCOCCOCCOCCN1CCC(N(I)C(C)C)CC1. The van der Waals surface area contributed by atoms with Gasteiger partial charge in [-0.1, -0.05) is 13.8 Å². The number of piperidine rings is 1. The van der Waals surface area contributed by atoms with Crippen LogP contribution < -0.4 is 0 Å². The predicted molar refractivity (Wildman–Crippen MR) is 133 cm³/mol. The molecule has 0 atom stereocenters. The van der Waals surface area contributed by atoms with E-state index in [9.17, 15) is 0 Å². The van der Waals surface area contributed by atoms with Crippen LogP contribution in [0.2, 0.25) is 0 Å². The molecule has 0 unspecified atom stereocenters. The Morgan fingerprint density at radius 1 is 0.857 bits per heavy atom. The summed E-state index contributed by atoms with van der Waals surface area (Å²) in [5.41, 5.74) is 0. The van der Waals surface area contributed by atoms with Gasteiger partial charge in [0.2, 0.25) is 0 Å². The number of halogens is 2. The minimum atomic E-state index is 0.622. The average Bonchev–Trinajstić information content (AvgIpc) is 2.65. The molecule has 8 heteroatoms. The highest BCUT2D eigenvalue weighted by Crippen LogP contribution is 2.22. The minimum absolute atomic E-state index is 0.622. The van der Waals surface area contributed by atoms with E-state index >= 15 is 0 Å². The fourth-order valence-electron chi connectivity index (χ4n) is 3.20. The van der Waals surface area contributed by atoms with Crippen LogP contribution >= 0.6 is 45.7 Å². The minimum Gasteiger partial charge on any atom is -0.378 e. The maximum atomic E-state index is 5.72. The zero-order valence-electron chi connectivity index (χ0n) is 18.2. The first-order valence-electron chi connectivity index (χ1n) is 10.7. The Bertz CT molecular complexity index is 371. The molecule has 0 spiro atoms. The standard InChI is InChI=1S/C20H41I2N3O3/c1-18(2)17-24(21)10-12-27-14-16-28-15-13-26-11-9-23-7-5-20(6-8-23)25(22)19(3)4/h18-20H,5-17H2,1-4H3. The van der Waals surface area contributed by atoms with E-state index in [0.717, 1.165) is 38.9 Å². The number of hydrogen-bond acceptors (Lipinski definition) is 6. The average molecular weight is 625 g/mol. The van der Waals surface area contributed by atoms with Gasteiger partial charge in [-0.3, -0.25) is 0 Å². The van der Waals surface area contributed by atoms with Crippen molar-refractivity contribution in [3.63, 3.8) is 0 Å². The third kappa shape index (κ3) is 13.5. The van der Waals surface area contributed by atoms with Crippen molar-refractivity contribution in [2.24, 2.45) is 5.92 Å². The Kier molecular flexibility index (Phi) is 16.4. The van der Waals surface area contributed by atoms with Gasteiger partial charge < -0.3 is 19.1 Å². The largest absolute Gasteiger partial charge is 0.378 e. The molecule has 0 amide bonds. The summed E-state index contributed by atoms with van der Waals surface area (Å²) in [5, 5.41) is 0. The molecule has 168 valence electrons. The molecule has 0 aromatic rings. The van der Waals surface area contributed by atoms with E-state index in [1.807, 2.05) is 0 Å². The summed E-state index contributed by atoms with van der Waals surface area (Å²) in [6, 6.07) is 1.35. The van der Waals surface area contributed by atoms with Crippen molar-refractivity contribution >= 4 is 45.7 Å². The highest BCUT2D eigenvalue weighted by Gasteiger charge is 2.24. The lowest BCUT2D eigenvalue weighted by molar-refractivity contribution is 0.00816. The summed E-state index contributed by atoms with van der Waals surface area (Å²) >= 11 is 4.85. The van der Waals surface area contributed by atoms with Crippen molar-refractivity contribution in [1.82, 2.24) is 11.1 Å². The van der Waals surface area contributed by atoms with Crippen LogP contribution in [0.1, 0.15) is 40.5 Å². The molecule has 0 radical (unpaired) electrons. The first-order valence-corrected chi connectivity index (χ1v) is 12.6. The van der Waals surface area contributed by atoms with Gasteiger partial charge >= 0.3 is 0 Å². The van der Waals surface area contributed by atoms with Gasteiger partial charge in [0.05, 0.1) is 39.6 Å². The van der Waals surface area contributed by atoms with Crippen molar-refractivity contribution in [2.75, 3.05) is 72.4 Å². The van der Waals surface area contributed by atoms with Crippen molar-refractivity contribution in [1.29, 1.82) is 0 Å². The van der Waals surface area contributed by atoms with Crippen molar-refractivity contribution in [3.05, 3.63) is 0 Å². The number of nitrogens with zero attached hydrogens (tertiary/aromatic N) is 3. The molecule has 28 heavy (non-hydrogen) atoms. The lowest BCUT2D eigenvalue weighted by Gasteiger charge is -2.37. The number of rotatable bonds is 16. The molecule has 0 aromatic carbocycles. The van der Waals surface area contributed by atoms with Gasteiger partial charge in [0.15, 0.2) is 0 Å². The Hall–Kier alpha value is 1.22. The summed E-state index contributed by atoms with van der Waals surface area (Å²) in [5.74, 6) is 0.693. The first kappa shape index (κ1) is 27.3. The smallest absolute Gasteiger partial charge is 0.0701 e. The van der Waals surface area contributed by atoms with Crippen LogP contribution in [0.4, 0.5) is 0 Å². The molecule has 1 heterocycles. The molecule has 1 fully saturated rings. The number of hydrogen-bond donors (Lipinski definition) is 0. The molecule has 6 nitrogen and oxygen atoms in total. The molecule has 0 saturated carbocycles. The molecular formula is C20H41I2N3O3. The monoisotopic (exact) mass is 625 g/mol. The fraction of sp³-hybridized carbons (Fsp3) is 1.00. The van der Waals surface area contributed by atoms with Gasteiger partial charge in [0.25, 0.3) is 0 Å². The van der Waals surface area contributed by atoms with E-state index in [2.05, 4.69) is 84.6 Å².